The number of aliphatic imine (C=N–C) groups is 1. The number of hydrogen-bond acceptors (Lipinski definition) is 2. The van der Waals surface area contributed by atoms with E-state index in [1.807, 2.05) is 31.3 Å². The molecule has 1 aromatic rings. The second-order valence-electron chi connectivity index (χ2n) is 6.14. The van der Waals surface area contributed by atoms with Crippen molar-refractivity contribution in [1.29, 1.82) is 0 Å². The third kappa shape index (κ3) is 4.33. The summed E-state index contributed by atoms with van der Waals surface area (Å²) in [6, 6.07) is 6.31. The van der Waals surface area contributed by atoms with Crippen molar-refractivity contribution in [3.8, 4) is 5.75 Å². The third-order valence-corrected chi connectivity index (χ3v) is 4.78. The molecule has 4 atom stereocenters. The SMILES string of the molecule is Cc1cccc(C=NC2CC3CC(C)C2C3)c1O.[Cl][Zr][Cl]. The molecule has 0 radical (unpaired) electrons. The number of aryl methyl sites for hydroxylation is 1. The van der Waals surface area contributed by atoms with Gasteiger partial charge in [-0.2, -0.15) is 0 Å². The summed E-state index contributed by atoms with van der Waals surface area (Å²) in [6.45, 7) is 4.28. The summed E-state index contributed by atoms with van der Waals surface area (Å²) in [5, 5.41) is 9.96. The van der Waals surface area contributed by atoms with Gasteiger partial charge in [-0.3, -0.25) is 4.99 Å². The van der Waals surface area contributed by atoms with Crippen LogP contribution in [0.3, 0.4) is 0 Å². The molecule has 0 heterocycles. The number of aromatic hydroxyl groups is 1. The first-order valence-electron chi connectivity index (χ1n) is 7.34. The Morgan fingerprint density at radius 2 is 2.00 bits per heavy atom. The first-order valence-corrected chi connectivity index (χ1v) is 13.7. The molecule has 1 N–H and O–H groups in total. The Bertz CT molecular complexity index is 509. The van der Waals surface area contributed by atoms with Crippen LogP contribution in [0.1, 0.15) is 37.3 Å². The molecule has 2 aliphatic rings. The molecule has 0 aliphatic heterocycles. The summed E-state index contributed by atoms with van der Waals surface area (Å²) in [5.41, 5.74) is 1.77. The fourth-order valence-corrected chi connectivity index (χ4v) is 3.79. The molecule has 5 heteroatoms. The Morgan fingerprint density at radius 3 is 2.62 bits per heavy atom. The van der Waals surface area contributed by atoms with Crippen LogP contribution >= 0.6 is 17.0 Å². The fraction of sp³-hybridized carbons (Fsp3) is 0.562. The van der Waals surface area contributed by atoms with Crippen LogP contribution in [-0.4, -0.2) is 17.4 Å². The zero-order valence-electron chi connectivity index (χ0n) is 12.4. The van der Waals surface area contributed by atoms with Gasteiger partial charge in [0.15, 0.2) is 0 Å². The van der Waals surface area contributed by atoms with Crippen LogP contribution in [0, 0.1) is 24.7 Å². The number of hydrogen-bond donors (Lipinski definition) is 1. The second kappa shape index (κ2) is 8.13. The Morgan fingerprint density at radius 1 is 1.29 bits per heavy atom. The standard InChI is InChI=1S/C16H21NO.2ClH.Zr/c1-10-4-3-5-13(16(10)18)9-17-15-8-12-6-11(2)14(15)7-12;;;/h3-5,9,11-12,14-15,18H,6-8H2,1-2H3;2*1H;/q;;;+2/p-2. The van der Waals surface area contributed by atoms with Crippen LogP contribution in [0.15, 0.2) is 23.2 Å². The number of fused-ring (bicyclic) bond motifs is 2. The molecule has 0 aromatic heterocycles. The van der Waals surface area contributed by atoms with Gasteiger partial charge < -0.3 is 5.11 Å². The quantitative estimate of drug-likeness (QED) is 0.696. The van der Waals surface area contributed by atoms with E-state index in [0.29, 0.717) is 11.8 Å². The number of phenols is 1. The van der Waals surface area contributed by atoms with Crippen molar-refractivity contribution in [1.82, 2.24) is 0 Å². The zero-order valence-corrected chi connectivity index (χ0v) is 16.4. The molecule has 4 unspecified atom stereocenters. The van der Waals surface area contributed by atoms with Crippen LogP contribution in [0.5, 0.6) is 5.75 Å². The second-order valence-corrected chi connectivity index (χ2v) is 9.88. The Kier molecular flexibility index (Phi) is 6.78. The van der Waals surface area contributed by atoms with Gasteiger partial charge in [-0.1, -0.05) is 19.1 Å². The molecule has 0 amide bonds. The fourth-order valence-electron chi connectivity index (χ4n) is 3.79. The van der Waals surface area contributed by atoms with Crippen LogP contribution < -0.4 is 0 Å². The van der Waals surface area contributed by atoms with E-state index in [2.05, 4.69) is 6.92 Å². The Labute approximate surface area is 145 Å². The molecule has 2 bridgehead atoms. The minimum absolute atomic E-state index is 0.373. The van der Waals surface area contributed by atoms with Crippen LogP contribution in [-0.2, 0) is 20.8 Å². The molecule has 2 nitrogen and oxygen atoms in total. The molecule has 0 saturated heterocycles. The van der Waals surface area contributed by atoms with Gasteiger partial charge in [0.2, 0.25) is 0 Å². The van der Waals surface area contributed by atoms with E-state index in [0.717, 1.165) is 28.9 Å². The average Bonchev–Trinajstić information content (AvgIpc) is 3.00. The van der Waals surface area contributed by atoms with E-state index in [1.165, 1.54) is 19.3 Å². The molecule has 2 saturated carbocycles. The predicted octanol–water partition coefficient (Wildman–Crippen LogP) is 4.93. The molecule has 21 heavy (non-hydrogen) atoms. The number of phenolic OH excluding ortho intramolecular Hbond substituents is 1. The maximum absolute atomic E-state index is 9.96. The number of benzene rings is 1. The number of halogens is 2. The number of para-hydroxylation sites is 1. The third-order valence-electron chi connectivity index (χ3n) is 4.78. The topological polar surface area (TPSA) is 32.6 Å². The van der Waals surface area contributed by atoms with Gasteiger partial charge in [0, 0.05) is 11.8 Å². The first kappa shape index (κ1) is 17.5. The summed E-state index contributed by atoms with van der Waals surface area (Å²) in [7, 11) is 9.87. The number of rotatable bonds is 2. The average molecular weight is 405 g/mol. The maximum atomic E-state index is 9.96. The predicted molar refractivity (Wildman–Crippen MR) is 85.9 cm³/mol. The summed E-state index contributed by atoms with van der Waals surface area (Å²) in [6.07, 6.45) is 5.88. The van der Waals surface area contributed by atoms with Gasteiger partial charge in [-0.15, -0.1) is 0 Å². The van der Waals surface area contributed by atoms with Gasteiger partial charge in [0.25, 0.3) is 0 Å². The molecule has 114 valence electrons. The van der Waals surface area contributed by atoms with E-state index < -0.39 is 20.8 Å². The van der Waals surface area contributed by atoms with Crippen molar-refractivity contribution in [2.75, 3.05) is 0 Å². The summed E-state index contributed by atoms with van der Waals surface area (Å²) in [5.74, 6) is 2.88. The molecular weight excluding hydrogens is 384 g/mol. The van der Waals surface area contributed by atoms with Crippen molar-refractivity contribution in [3.63, 3.8) is 0 Å². The van der Waals surface area contributed by atoms with Gasteiger partial charge >= 0.3 is 37.9 Å². The molecule has 2 aliphatic carbocycles. The van der Waals surface area contributed by atoms with E-state index in [4.69, 9.17) is 22.0 Å². The van der Waals surface area contributed by atoms with E-state index in [-0.39, 0.29) is 0 Å². The van der Waals surface area contributed by atoms with Crippen molar-refractivity contribution in [2.24, 2.45) is 22.7 Å². The van der Waals surface area contributed by atoms with Gasteiger partial charge in [-0.25, -0.2) is 0 Å². The van der Waals surface area contributed by atoms with Crippen molar-refractivity contribution < 1.29 is 26.0 Å². The molecule has 0 spiro atoms. The molecular formula is C16H21Cl2NOZr. The van der Waals surface area contributed by atoms with E-state index in [1.54, 1.807) is 0 Å². The van der Waals surface area contributed by atoms with E-state index >= 15 is 0 Å². The van der Waals surface area contributed by atoms with Crippen LogP contribution in [0.25, 0.3) is 0 Å². The zero-order chi connectivity index (χ0) is 15.4. The molecule has 1 aromatic carbocycles. The Balaban J connectivity index is 0.000000497. The minimum atomic E-state index is -0.826. The Hall–Kier alpha value is 0.153. The van der Waals surface area contributed by atoms with Crippen molar-refractivity contribution in [2.45, 2.75) is 39.2 Å². The van der Waals surface area contributed by atoms with Crippen LogP contribution in [0.4, 0.5) is 0 Å². The summed E-state index contributed by atoms with van der Waals surface area (Å²) in [4.78, 5) is 4.74. The van der Waals surface area contributed by atoms with E-state index in [9.17, 15) is 5.11 Å². The van der Waals surface area contributed by atoms with Gasteiger partial charge in [0.1, 0.15) is 5.75 Å². The summed E-state index contributed by atoms with van der Waals surface area (Å²) >= 11 is -0.826. The van der Waals surface area contributed by atoms with Gasteiger partial charge in [-0.05, 0) is 55.6 Å². The van der Waals surface area contributed by atoms with Crippen molar-refractivity contribution in [3.05, 3.63) is 29.3 Å². The molecule has 3 rings (SSSR count). The molecule has 2 fully saturated rings. The van der Waals surface area contributed by atoms with Crippen LogP contribution in [0.2, 0.25) is 0 Å². The number of nitrogens with zero attached hydrogens (tertiary/aromatic N) is 1. The normalized spacial score (nSPS) is 30.3. The van der Waals surface area contributed by atoms with Crippen molar-refractivity contribution >= 4 is 23.2 Å². The summed E-state index contributed by atoms with van der Waals surface area (Å²) < 4.78 is 0. The first-order chi connectivity index (χ1) is 10.1. The monoisotopic (exact) mass is 403 g/mol. The van der Waals surface area contributed by atoms with Gasteiger partial charge in [0.05, 0.1) is 6.04 Å².